The average molecular weight is 333 g/mol. The van der Waals surface area contributed by atoms with Gasteiger partial charge in [-0.25, -0.2) is 4.79 Å². The van der Waals surface area contributed by atoms with Gasteiger partial charge in [0.2, 0.25) is 5.91 Å². The van der Waals surface area contributed by atoms with Crippen LogP contribution in [0.15, 0.2) is 42.1 Å². The molecule has 2 aliphatic rings. The van der Waals surface area contributed by atoms with Crippen molar-refractivity contribution in [2.75, 3.05) is 5.75 Å². The molecule has 1 aromatic carbocycles. The Kier molecular flexibility index (Phi) is 4.10. The highest BCUT2D eigenvalue weighted by Gasteiger charge is 2.52. The van der Waals surface area contributed by atoms with E-state index < -0.39 is 35.2 Å². The van der Waals surface area contributed by atoms with Crippen LogP contribution in [0.3, 0.4) is 0 Å². The standard InChI is InChI=1S/C15H15N3O4S/c16-10(8-4-2-1-3-5-8)12(19)17-11-13(20)18-9(15(21)22)6-7-23-14(11)18/h1-6,10-11,14H,7,16H2,(H,17,19)(H,21,22)/t10?,11-,14-/m1/s1. The van der Waals surface area contributed by atoms with Crippen molar-refractivity contribution in [3.63, 3.8) is 0 Å². The Hall–Kier alpha value is -2.32. The Morgan fingerprint density at radius 2 is 2.04 bits per heavy atom. The number of carbonyl (C=O) groups is 3. The summed E-state index contributed by atoms with van der Waals surface area (Å²) in [6, 6.07) is 7.23. The molecule has 0 radical (unpaired) electrons. The predicted octanol–water partition coefficient (Wildman–Crippen LogP) is 0.0548. The van der Waals surface area contributed by atoms with Crippen molar-refractivity contribution in [1.29, 1.82) is 0 Å². The fourth-order valence-electron chi connectivity index (χ4n) is 2.59. The van der Waals surface area contributed by atoms with Crippen molar-refractivity contribution in [2.45, 2.75) is 17.5 Å². The van der Waals surface area contributed by atoms with Crippen molar-refractivity contribution in [3.05, 3.63) is 47.7 Å². The van der Waals surface area contributed by atoms with Gasteiger partial charge in [0.15, 0.2) is 0 Å². The highest BCUT2D eigenvalue weighted by atomic mass is 32.2. The lowest BCUT2D eigenvalue weighted by Crippen LogP contribution is -2.70. The maximum absolute atomic E-state index is 12.2. The highest BCUT2D eigenvalue weighted by molar-refractivity contribution is 8.00. The number of nitrogens with one attached hydrogen (secondary N) is 1. The van der Waals surface area contributed by atoms with Gasteiger partial charge in [0.1, 0.15) is 23.2 Å². The van der Waals surface area contributed by atoms with Gasteiger partial charge >= 0.3 is 5.97 Å². The zero-order valence-electron chi connectivity index (χ0n) is 12.0. The van der Waals surface area contributed by atoms with Gasteiger partial charge in [-0.2, -0.15) is 0 Å². The Labute approximate surface area is 136 Å². The second-order valence-electron chi connectivity index (χ2n) is 5.20. The van der Waals surface area contributed by atoms with E-state index in [0.29, 0.717) is 11.3 Å². The predicted molar refractivity (Wildman–Crippen MR) is 84.1 cm³/mol. The Morgan fingerprint density at radius 3 is 2.70 bits per heavy atom. The summed E-state index contributed by atoms with van der Waals surface area (Å²) in [4.78, 5) is 36.7. The number of aliphatic carboxylic acids is 1. The monoisotopic (exact) mass is 333 g/mol. The van der Waals surface area contributed by atoms with Crippen LogP contribution in [0.2, 0.25) is 0 Å². The number of nitrogens with two attached hydrogens (primary N) is 1. The summed E-state index contributed by atoms with van der Waals surface area (Å²) in [5.74, 6) is -1.55. The van der Waals surface area contributed by atoms with Crippen LogP contribution in [0.1, 0.15) is 11.6 Å². The molecule has 7 nitrogen and oxygen atoms in total. The number of benzene rings is 1. The summed E-state index contributed by atoms with van der Waals surface area (Å²) < 4.78 is 0. The van der Waals surface area contributed by atoms with Crippen LogP contribution in [-0.4, -0.2) is 45.0 Å². The topological polar surface area (TPSA) is 113 Å². The first-order valence-electron chi connectivity index (χ1n) is 6.99. The molecule has 0 saturated carbocycles. The Bertz CT molecular complexity index is 691. The maximum Gasteiger partial charge on any atom is 0.352 e. The van der Waals surface area contributed by atoms with Crippen LogP contribution in [0, 0.1) is 0 Å². The minimum Gasteiger partial charge on any atom is -0.477 e. The van der Waals surface area contributed by atoms with Crippen LogP contribution in [0.25, 0.3) is 0 Å². The number of β-lactam (4-membered cyclic amide) rings is 1. The number of carboxylic acid groups (broad SMARTS) is 1. The molecule has 0 aromatic heterocycles. The number of thioether (sulfide) groups is 1. The van der Waals surface area contributed by atoms with Crippen LogP contribution < -0.4 is 11.1 Å². The van der Waals surface area contributed by atoms with E-state index in [-0.39, 0.29) is 5.70 Å². The fourth-order valence-corrected chi connectivity index (χ4v) is 3.79. The molecule has 1 aromatic rings. The van der Waals surface area contributed by atoms with Gasteiger partial charge in [-0.15, -0.1) is 11.8 Å². The summed E-state index contributed by atoms with van der Waals surface area (Å²) in [6.07, 6.45) is 1.50. The zero-order chi connectivity index (χ0) is 16.6. The van der Waals surface area contributed by atoms with Crippen molar-refractivity contribution < 1.29 is 19.5 Å². The van der Waals surface area contributed by atoms with Gasteiger partial charge in [0.05, 0.1) is 0 Å². The summed E-state index contributed by atoms with van der Waals surface area (Å²) >= 11 is 1.41. The quantitative estimate of drug-likeness (QED) is 0.671. The molecule has 23 heavy (non-hydrogen) atoms. The van der Waals surface area contributed by atoms with E-state index in [0.717, 1.165) is 0 Å². The van der Waals surface area contributed by atoms with Crippen LogP contribution in [0.5, 0.6) is 0 Å². The maximum atomic E-state index is 12.2. The highest BCUT2D eigenvalue weighted by Crippen LogP contribution is 2.37. The van der Waals surface area contributed by atoms with Gasteiger partial charge in [0.25, 0.3) is 5.91 Å². The molecule has 3 rings (SSSR count). The first kappa shape index (κ1) is 15.6. The van der Waals surface area contributed by atoms with Crippen LogP contribution >= 0.6 is 11.8 Å². The third kappa shape index (κ3) is 2.71. The van der Waals surface area contributed by atoms with Crippen molar-refractivity contribution in [3.8, 4) is 0 Å². The molecule has 8 heteroatoms. The number of carbonyl (C=O) groups excluding carboxylic acids is 2. The molecule has 1 fully saturated rings. The first-order chi connectivity index (χ1) is 11.0. The van der Waals surface area contributed by atoms with Gasteiger partial charge in [0, 0.05) is 5.75 Å². The number of hydrogen-bond acceptors (Lipinski definition) is 5. The van der Waals surface area contributed by atoms with E-state index in [1.54, 1.807) is 24.3 Å². The molecule has 2 aliphatic heterocycles. The molecule has 1 saturated heterocycles. The summed E-state index contributed by atoms with van der Waals surface area (Å²) in [6.45, 7) is 0. The van der Waals surface area contributed by atoms with Crippen LogP contribution in [-0.2, 0) is 14.4 Å². The normalized spacial score (nSPS) is 24.1. The lowest BCUT2D eigenvalue weighted by Gasteiger charge is -2.48. The van der Waals surface area contributed by atoms with Crippen molar-refractivity contribution in [2.24, 2.45) is 5.73 Å². The molecule has 4 N–H and O–H groups in total. The Morgan fingerprint density at radius 1 is 1.35 bits per heavy atom. The number of amides is 2. The second kappa shape index (κ2) is 6.05. The summed E-state index contributed by atoms with van der Waals surface area (Å²) in [5, 5.41) is 11.3. The smallest absolute Gasteiger partial charge is 0.352 e. The molecule has 120 valence electrons. The third-order valence-electron chi connectivity index (χ3n) is 3.80. The largest absolute Gasteiger partial charge is 0.477 e. The molecule has 0 bridgehead atoms. The van der Waals surface area contributed by atoms with E-state index in [1.165, 1.54) is 22.7 Å². The number of nitrogens with zero attached hydrogens (tertiary/aromatic N) is 1. The van der Waals surface area contributed by atoms with Gasteiger partial charge in [-0.1, -0.05) is 30.3 Å². The number of fused-ring (bicyclic) bond motifs is 1. The minimum atomic E-state index is -1.14. The fraction of sp³-hybridized carbons (Fsp3) is 0.267. The third-order valence-corrected chi connectivity index (χ3v) is 4.99. The number of hydrogen-bond donors (Lipinski definition) is 3. The lowest BCUT2D eigenvalue weighted by atomic mass is 10.0. The molecule has 3 atom stereocenters. The van der Waals surface area contributed by atoms with E-state index in [9.17, 15) is 14.4 Å². The van der Waals surface area contributed by atoms with E-state index in [2.05, 4.69) is 5.32 Å². The van der Waals surface area contributed by atoms with Crippen molar-refractivity contribution >= 4 is 29.5 Å². The zero-order valence-corrected chi connectivity index (χ0v) is 12.8. The molecule has 0 spiro atoms. The van der Waals surface area contributed by atoms with Gasteiger partial charge in [-0.3, -0.25) is 14.5 Å². The Balaban J connectivity index is 1.68. The average Bonchev–Trinajstić information content (AvgIpc) is 2.58. The number of carboxylic acids is 1. The van der Waals surface area contributed by atoms with E-state index in [1.807, 2.05) is 6.07 Å². The molecule has 1 unspecified atom stereocenters. The molecule has 0 aliphatic carbocycles. The van der Waals surface area contributed by atoms with Gasteiger partial charge < -0.3 is 16.2 Å². The van der Waals surface area contributed by atoms with Crippen molar-refractivity contribution in [1.82, 2.24) is 10.2 Å². The molecular weight excluding hydrogens is 318 g/mol. The molecule has 2 amide bonds. The summed E-state index contributed by atoms with van der Waals surface area (Å²) in [5.41, 5.74) is 6.52. The molecule has 2 heterocycles. The lowest BCUT2D eigenvalue weighted by molar-refractivity contribution is -0.150. The SMILES string of the molecule is NC(C(=O)N[C@@H]1C(=O)N2C(C(=O)O)=CCS[C@H]12)c1ccccc1. The molecular formula is C15H15N3O4S. The van der Waals surface area contributed by atoms with E-state index >= 15 is 0 Å². The second-order valence-corrected chi connectivity index (χ2v) is 6.35. The number of rotatable bonds is 4. The minimum absolute atomic E-state index is 0.0309. The summed E-state index contributed by atoms with van der Waals surface area (Å²) in [7, 11) is 0. The first-order valence-corrected chi connectivity index (χ1v) is 8.04. The van der Waals surface area contributed by atoms with Gasteiger partial charge in [-0.05, 0) is 11.6 Å². The van der Waals surface area contributed by atoms with E-state index in [4.69, 9.17) is 10.8 Å². The van der Waals surface area contributed by atoms with Crippen LogP contribution in [0.4, 0.5) is 0 Å².